The van der Waals surface area contributed by atoms with Crippen molar-refractivity contribution in [3.05, 3.63) is 35.4 Å². The van der Waals surface area contributed by atoms with E-state index in [-0.39, 0.29) is 11.8 Å². The maximum Gasteiger partial charge on any atom is 0.253 e. The zero-order valence-corrected chi connectivity index (χ0v) is 14.1. The Morgan fingerprint density at radius 2 is 1.91 bits per heavy atom. The lowest BCUT2D eigenvalue weighted by atomic mass is 10.1. The van der Waals surface area contributed by atoms with Gasteiger partial charge in [-0.25, -0.2) is 0 Å². The van der Waals surface area contributed by atoms with Gasteiger partial charge in [-0.1, -0.05) is 12.1 Å². The minimum absolute atomic E-state index is 0.0536. The molecule has 0 radical (unpaired) electrons. The zero-order chi connectivity index (χ0) is 16.7. The third-order valence-corrected chi connectivity index (χ3v) is 4.34. The van der Waals surface area contributed by atoms with Crippen LogP contribution in [0.25, 0.3) is 0 Å². The van der Waals surface area contributed by atoms with Gasteiger partial charge in [0.15, 0.2) is 0 Å². The Morgan fingerprint density at radius 1 is 1.22 bits per heavy atom. The standard InChI is InChI=1S/C18H27N3O2/c1-3-21(4-2)18(23)15-9-7-14(8-10-15)13-20-17(22)12-16-6-5-11-19-16/h7-10,16,19H,3-6,11-13H2,1-2H3,(H,20,22). The molecule has 1 aliphatic rings. The smallest absolute Gasteiger partial charge is 0.253 e. The molecule has 1 unspecified atom stereocenters. The van der Waals surface area contributed by atoms with E-state index in [1.807, 2.05) is 38.1 Å². The van der Waals surface area contributed by atoms with Crippen molar-refractivity contribution < 1.29 is 9.59 Å². The van der Waals surface area contributed by atoms with Gasteiger partial charge < -0.3 is 15.5 Å². The predicted octanol–water partition coefficient (Wildman–Crippen LogP) is 1.93. The fourth-order valence-electron chi connectivity index (χ4n) is 2.89. The first-order chi connectivity index (χ1) is 11.1. The molecular formula is C18H27N3O2. The summed E-state index contributed by atoms with van der Waals surface area (Å²) in [4.78, 5) is 25.9. The number of carbonyl (C=O) groups excluding carboxylic acids is 2. The molecule has 23 heavy (non-hydrogen) atoms. The molecule has 0 aromatic heterocycles. The van der Waals surface area contributed by atoms with Crippen LogP contribution in [0, 0.1) is 0 Å². The van der Waals surface area contributed by atoms with Crippen molar-refractivity contribution in [3.8, 4) is 0 Å². The minimum atomic E-state index is 0.0536. The zero-order valence-electron chi connectivity index (χ0n) is 14.1. The Kier molecular flexibility index (Phi) is 6.59. The lowest BCUT2D eigenvalue weighted by Crippen LogP contribution is -2.31. The van der Waals surface area contributed by atoms with Crippen LogP contribution in [-0.4, -0.2) is 42.4 Å². The third-order valence-electron chi connectivity index (χ3n) is 4.34. The molecule has 1 aromatic rings. The van der Waals surface area contributed by atoms with Crippen LogP contribution >= 0.6 is 0 Å². The van der Waals surface area contributed by atoms with Gasteiger partial charge in [0.2, 0.25) is 5.91 Å². The van der Waals surface area contributed by atoms with Crippen molar-refractivity contribution in [2.45, 2.75) is 45.7 Å². The first kappa shape index (κ1) is 17.5. The summed E-state index contributed by atoms with van der Waals surface area (Å²) in [6.07, 6.45) is 2.77. The Bertz CT molecular complexity index is 518. The molecule has 5 heteroatoms. The highest BCUT2D eigenvalue weighted by atomic mass is 16.2. The second-order valence-corrected chi connectivity index (χ2v) is 5.95. The summed E-state index contributed by atoms with van der Waals surface area (Å²) >= 11 is 0. The molecule has 0 saturated carbocycles. The second-order valence-electron chi connectivity index (χ2n) is 5.95. The minimum Gasteiger partial charge on any atom is -0.352 e. The maximum atomic E-state index is 12.2. The number of nitrogens with zero attached hydrogens (tertiary/aromatic N) is 1. The molecule has 0 bridgehead atoms. The van der Waals surface area contributed by atoms with E-state index in [0.717, 1.165) is 24.9 Å². The number of carbonyl (C=O) groups is 2. The van der Waals surface area contributed by atoms with Crippen LogP contribution in [0.5, 0.6) is 0 Å². The number of benzene rings is 1. The summed E-state index contributed by atoms with van der Waals surface area (Å²) in [5.41, 5.74) is 1.70. The second kappa shape index (κ2) is 8.67. The molecule has 1 heterocycles. The van der Waals surface area contributed by atoms with Gasteiger partial charge in [-0.2, -0.15) is 0 Å². The quantitative estimate of drug-likeness (QED) is 0.808. The number of hydrogen-bond donors (Lipinski definition) is 2. The Balaban J connectivity index is 1.82. The Hall–Kier alpha value is -1.88. The van der Waals surface area contributed by atoms with E-state index in [1.54, 1.807) is 4.90 Å². The molecule has 1 aromatic carbocycles. The number of rotatable bonds is 7. The average Bonchev–Trinajstić information content (AvgIpc) is 3.07. The van der Waals surface area contributed by atoms with E-state index in [0.29, 0.717) is 37.7 Å². The number of nitrogens with one attached hydrogen (secondary N) is 2. The summed E-state index contributed by atoms with van der Waals surface area (Å²) in [7, 11) is 0. The van der Waals surface area contributed by atoms with E-state index >= 15 is 0 Å². The lowest BCUT2D eigenvalue weighted by molar-refractivity contribution is -0.121. The van der Waals surface area contributed by atoms with Crippen molar-refractivity contribution in [1.29, 1.82) is 0 Å². The van der Waals surface area contributed by atoms with Gasteiger partial charge in [0.25, 0.3) is 5.91 Å². The highest BCUT2D eigenvalue weighted by Gasteiger charge is 2.17. The van der Waals surface area contributed by atoms with Gasteiger partial charge >= 0.3 is 0 Å². The third kappa shape index (κ3) is 5.06. The highest BCUT2D eigenvalue weighted by Crippen LogP contribution is 2.10. The van der Waals surface area contributed by atoms with Crippen LogP contribution in [0.15, 0.2) is 24.3 Å². The van der Waals surface area contributed by atoms with Crippen molar-refractivity contribution in [2.24, 2.45) is 0 Å². The Morgan fingerprint density at radius 3 is 2.48 bits per heavy atom. The molecule has 1 saturated heterocycles. The molecule has 1 atom stereocenters. The summed E-state index contributed by atoms with van der Waals surface area (Å²) in [5, 5.41) is 6.27. The van der Waals surface area contributed by atoms with Gasteiger partial charge in [-0.05, 0) is 50.9 Å². The summed E-state index contributed by atoms with van der Waals surface area (Å²) in [5.74, 6) is 0.130. The molecule has 1 fully saturated rings. The van der Waals surface area contributed by atoms with Crippen LogP contribution in [-0.2, 0) is 11.3 Å². The topological polar surface area (TPSA) is 61.4 Å². The fraction of sp³-hybridized carbons (Fsp3) is 0.556. The van der Waals surface area contributed by atoms with E-state index in [9.17, 15) is 9.59 Å². The van der Waals surface area contributed by atoms with Crippen LogP contribution < -0.4 is 10.6 Å². The van der Waals surface area contributed by atoms with Crippen LogP contribution in [0.1, 0.15) is 49.0 Å². The van der Waals surface area contributed by atoms with Crippen LogP contribution in [0.4, 0.5) is 0 Å². The van der Waals surface area contributed by atoms with E-state index in [1.165, 1.54) is 0 Å². The van der Waals surface area contributed by atoms with Gasteiger partial charge in [-0.3, -0.25) is 9.59 Å². The van der Waals surface area contributed by atoms with E-state index in [4.69, 9.17) is 0 Å². The van der Waals surface area contributed by atoms with Gasteiger partial charge in [-0.15, -0.1) is 0 Å². The van der Waals surface area contributed by atoms with Gasteiger partial charge in [0.1, 0.15) is 0 Å². The molecule has 2 amide bonds. The van der Waals surface area contributed by atoms with Crippen LogP contribution in [0.2, 0.25) is 0 Å². The Labute approximate surface area is 138 Å². The largest absolute Gasteiger partial charge is 0.352 e. The van der Waals surface area contributed by atoms with E-state index < -0.39 is 0 Å². The molecule has 2 rings (SSSR count). The maximum absolute atomic E-state index is 12.2. The van der Waals surface area contributed by atoms with Crippen molar-refractivity contribution >= 4 is 11.8 Å². The number of hydrogen-bond acceptors (Lipinski definition) is 3. The molecule has 126 valence electrons. The molecular weight excluding hydrogens is 290 g/mol. The fourth-order valence-corrected chi connectivity index (χ4v) is 2.89. The van der Waals surface area contributed by atoms with Crippen molar-refractivity contribution in [1.82, 2.24) is 15.5 Å². The number of amides is 2. The molecule has 0 spiro atoms. The lowest BCUT2D eigenvalue weighted by Gasteiger charge is -2.18. The van der Waals surface area contributed by atoms with Gasteiger partial charge in [0.05, 0.1) is 0 Å². The SMILES string of the molecule is CCN(CC)C(=O)c1ccc(CNC(=O)CC2CCCN2)cc1. The highest BCUT2D eigenvalue weighted by molar-refractivity contribution is 5.94. The monoisotopic (exact) mass is 317 g/mol. The first-order valence-corrected chi connectivity index (χ1v) is 8.52. The summed E-state index contributed by atoms with van der Waals surface area (Å²) in [6.45, 7) is 6.89. The van der Waals surface area contributed by atoms with Crippen molar-refractivity contribution in [3.63, 3.8) is 0 Å². The molecule has 5 nitrogen and oxygen atoms in total. The van der Waals surface area contributed by atoms with Gasteiger partial charge in [0, 0.05) is 37.7 Å². The molecule has 2 N–H and O–H groups in total. The van der Waals surface area contributed by atoms with Crippen molar-refractivity contribution in [2.75, 3.05) is 19.6 Å². The average molecular weight is 317 g/mol. The molecule has 0 aliphatic carbocycles. The normalized spacial score (nSPS) is 17.0. The predicted molar refractivity (Wildman–Crippen MR) is 91.2 cm³/mol. The van der Waals surface area contributed by atoms with Crippen LogP contribution in [0.3, 0.4) is 0 Å². The first-order valence-electron chi connectivity index (χ1n) is 8.52. The summed E-state index contributed by atoms with van der Waals surface area (Å²) in [6, 6.07) is 7.81. The van der Waals surface area contributed by atoms with E-state index in [2.05, 4.69) is 10.6 Å². The summed E-state index contributed by atoms with van der Waals surface area (Å²) < 4.78 is 0. The molecule has 1 aliphatic heterocycles.